The molecule has 19 heavy (non-hydrogen) atoms. The highest BCUT2D eigenvalue weighted by molar-refractivity contribution is 7.80. The van der Waals surface area contributed by atoms with Crippen molar-refractivity contribution in [2.24, 2.45) is 0 Å². The minimum absolute atomic E-state index is 0.0245. The van der Waals surface area contributed by atoms with E-state index in [1.807, 2.05) is 23.1 Å². The zero-order valence-electron chi connectivity index (χ0n) is 11.0. The van der Waals surface area contributed by atoms with Crippen molar-refractivity contribution in [2.75, 3.05) is 31.9 Å². The lowest BCUT2D eigenvalue weighted by Gasteiger charge is -2.29. The summed E-state index contributed by atoms with van der Waals surface area (Å²) in [4.78, 5) is 14.0. The van der Waals surface area contributed by atoms with Crippen LogP contribution in [0.3, 0.4) is 0 Å². The number of amides is 2. The molecule has 2 N–H and O–H groups in total. The molecule has 2 rings (SSSR count). The Morgan fingerprint density at radius 2 is 2.00 bits per heavy atom. The van der Waals surface area contributed by atoms with E-state index in [1.165, 1.54) is 5.56 Å². The van der Waals surface area contributed by atoms with Gasteiger partial charge in [-0.3, -0.25) is 0 Å². The predicted octanol–water partition coefficient (Wildman–Crippen LogP) is 1.14. The number of benzene rings is 1. The monoisotopic (exact) mass is 279 g/mol. The quantitative estimate of drug-likeness (QED) is 0.724. The van der Waals surface area contributed by atoms with Crippen LogP contribution in [0.2, 0.25) is 0 Å². The van der Waals surface area contributed by atoms with Crippen molar-refractivity contribution in [3.8, 4) is 0 Å². The van der Waals surface area contributed by atoms with Crippen LogP contribution in [0.25, 0.3) is 0 Å². The van der Waals surface area contributed by atoms with E-state index in [1.54, 1.807) is 0 Å². The number of piperazine rings is 1. The molecule has 4 nitrogen and oxygen atoms in total. The molecule has 1 atom stereocenters. The molecule has 1 fully saturated rings. The summed E-state index contributed by atoms with van der Waals surface area (Å²) in [7, 11) is 0. The molecule has 2 amide bonds. The number of nitrogens with zero attached hydrogens (tertiary/aromatic N) is 1. The fourth-order valence-electron chi connectivity index (χ4n) is 2.19. The van der Waals surface area contributed by atoms with E-state index in [0.717, 1.165) is 32.6 Å². The Bertz CT molecular complexity index is 393. The van der Waals surface area contributed by atoms with Crippen molar-refractivity contribution in [3.05, 3.63) is 35.9 Å². The number of thiol groups is 1. The van der Waals surface area contributed by atoms with Gasteiger partial charge in [-0.2, -0.15) is 12.6 Å². The fraction of sp³-hybridized carbons (Fsp3) is 0.500. The number of hydrogen-bond acceptors (Lipinski definition) is 3. The van der Waals surface area contributed by atoms with Gasteiger partial charge in [-0.15, -0.1) is 0 Å². The minimum Gasteiger partial charge on any atom is -0.334 e. The summed E-state index contributed by atoms with van der Waals surface area (Å²) in [6.07, 6.45) is 0.822. The zero-order valence-corrected chi connectivity index (χ0v) is 11.9. The summed E-state index contributed by atoms with van der Waals surface area (Å²) < 4.78 is 0. The van der Waals surface area contributed by atoms with Crippen LogP contribution in [0, 0.1) is 0 Å². The molecule has 0 spiro atoms. The second-order valence-corrected chi connectivity index (χ2v) is 5.12. The molecule has 5 heteroatoms. The van der Waals surface area contributed by atoms with Crippen LogP contribution >= 0.6 is 12.6 Å². The third-order valence-electron chi connectivity index (χ3n) is 3.28. The van der Waals surface area contributed by atoms with E-state index in [9.17, 15) is 4.79 Å². The average molecular weight is 279 g/mol. The van der Waals surface area contributed by atoms with Gasteiger partial charge in [-0.1, -0.05) is 30.3 Å². The summed E-state index contributed by atoms with van der Waals surface area (Å²) in [6, 6.07) is 10.3. The van der Waals surface area contributed by atoms with Gasteiger partial charge in [0.1, 0.15) is 0 Å². The Balaban J connectivity index is 1.86. The summed E-state index contributed by atoms with van der Waals surface area (Å²) in [5.41, 5.74) is 1.22. The smallest absolute Gasteiger partial charge is 0.317 e. The van der Waals surface area contributed by atoms with Crippen LogP contribution in [0.5, 0.6) is 0 Å². The molecule has 0 aliphatic carbocycles. The predicted molar refractivity (Wildman–Crippen MR) is 80.8 cm³/mol. The molecule has 1 aromatic carbocycles. The van der Waals surface area contributed by atoms with Gasteiger partial charge in [0.15, 0.2) is 0 Å². The number of carbonyl (C=O) groups is 1. The Labute approximate surface area is 120 Å². The van der Waals surface area contributed by atoms with E-state index < -0.39 is 0 Å². The zero-order chi connectivity index (χ0) is 13.5. The maximum absolute atomic E-state index is 12.1. The van der Waals surface area contributed by atoms with Crippen LogP contribution in [0.4, 0.5) is 4.79 Å². The van der Waals surface area contributed by atoms with Crippen molar-refractivity contribution in [1.82, 2.24) is 15.5 Å². The van der Waals surface area contributed by atoms with E-state index in [0.29, 0.717) is 5.75 Å². The van der Waals surface area contributed by atoms with Gasteiger partial charge in [0.2, 0.25) is 0 Å². The second-order valence-electron chi connectivity index (χ2n) is 4.76. The number of hydrogen-bond donors (Lipinski definition) is 3. The highest BCUT2D eigenvalue weighted by Crippen LogP contribution is 2.05. The molecule has 0 saturated carbocycles. The van der Waals surface area contributed by atoms with Crippen LogP contribution in [0.15, 0.2) is 30.3 Å². The lowest BCUT2D eigenvalue weighted by molar-refractivity contribution is 0.187. The van der Waals surface area contributed by atoms with Crippen molar-refractivity contribution in [3.63, 3.8) is 0 Å². The highest BCUT2D eigenvalue weighted by atomic mass is 32.1. The van der Waals surface area contributed by atoms with Crippen molar-refractivity contribution in [2.45, 2.75) is 12.5 Å². The second kappa shape index (κ2) is 7.40. The Morgan fingerprint density at radius 3 is 2.63 bits per heavy atom. The first kappa shape index (κ1) is 14.2. The van der Waals surface area contributed by atoms with Gasteiger partial charge in [0.05, 0.1) is 0 Å². The molecule has 1 aromatic rings. The van der Waals surface area contributed by atoms with Crippen molar-refractivity contribution in [1.29, 1.82) is 0 Å². The molecule has 0 aromatic heterocycles. The first-order valence-corrected chi connectivity index (χ1v) is 7.34. The van der Waals surface area contributed by atoms with Gasteiger partial charge >= 0.3 is 6.03 Å². The normalized spacial score (nSPS) is 17.0. The Hall–Kier alpha value is -1.20. The molecular weight excluding hydrogens is 258 g/mol. The maximum Gasteiger partial charge on any atom is 0.317 e. The molecule has 1 unspecified atom stereocenters. The molecule has 0 radical (unpaired) electrons. The van der Waals surface area contributed by atoms with E-state index >= 15 is 0 Å². The summed E-state index contributed by atoms with van der Waals surface area (Å²) in [5.74, 6) is 0.646. The number of rotatable bonds is 4. The van der Waals surface area contributed by atoms with Gasteiger partial charge in [-0.25, -0.2) is 4.79 Å². The number of carbonyl (C=O) groups excluding carboxylic acids is 1. The summed E-state index contributed by atoms with van der Waals surface area (Å²) in [5, 5.41) is 6.31. The maximum atomic E-state index is 12.1. The van der Waals surface area contributed by atoms with E-state index in [4.69, 9.17) is 0 Å². The largest absolute Gasteiger partial charge is 0.334 e. The SMILES string of the molecule is O=C(NC(CS)Cc1ccccc1)N1CCNCC1. The van der Waals surface area contributed by atoms with Gasteiger partial charge in [-0.05, 0) is 12.0 Å². The number of urea groups is 1. The molecule has 104 valence electrons. The topological polar surface area (TPSA) is 44.4 Å². The van der Waals surface area contributed by atoms with Crippen molar-refractivity contribution < 1.29 is 4.79 Å². The van der Waals surface area contributed by atoms with Crippen molar-refractivity contribution >= 4 is 18.7 Å². The Morgan fingerprint density at radius 1 is 1.32 bits per heavy atom. The van der Waals surface area contributed by atoms with Crippen LogP contribution in [0.1, 0.15) is 5.56 Å². The minimum atomic E-state index is 0.0245. The first-order valence-electron chi connectivity index (χ1n) is 6.70. The molecule has 1 heterocycles. The highest BCUT2D eigenvalue weighted by Gasteiger charge is 2.19. The third-order valence-corrected chi connectivity index (χ3v) is 3.72. The summed E-state index contributed by atoms with van der Waals surface area (Å²) in [6.45, 7) is 3.29. The van der Waals surface area contributed by atoms with Gasteiger partial charge in [0.25, 0.3) is 0 Å². The van der Waals surface area contributed by atoms with E-state index in [2.05, 4.69) is 35.4 Å². The van der Waals surface area contributed by atoms with Gasteiger partial charge < -0.3 is 15.5 Å². The lowest BCUT2D eigenvalue weighted by Crippen LogP contribution is -2.53. The van der Waals surface area contributed by atoms with Crippen LogP contribution in [-0.2, 0) is 6.42 Å². The molecule has 1 aliphatic heterocycles. The van der Waals surface area contributed by atoms with Crippen LogP contribution < -0.4 is 10.6 Å². The fourth-order valence-corrected chi connectivity index (χ4v) is 2.41. The lowest BCUT2D eigenvalue weighted by atomic mass is 10.1. The first-order chi connectivity index (χ1) is 9.29. The molecule has 1 aliphatic rings. The summed E-state index contributed by atoms with van der Waals surface area (Å²) >= 11 is 4.34. The Kier molecular flexibility index (Phi) is 5.54. The third kappa shape index (κ3) is 4.44. The van der Waals surface area contributed by atoms with E-state index in [-0.39, 0.29) is 12.1 Å². The number of nitrogens with one attached hydrogen (secondary N) is 2. The van der Waals surface area contributed by atoms with Gasteiger partial charge in [0, 0.05) is 38.0 Å². The van der Waals surface area contributed by atoms with Crippen LogP contribution in [-0.4, -0.2) is 48.9 Å². The molecule has 0 bridgehead atoms. The molecule has 1 saturated heterocycles. The molecular formula is C14H21N3OS. The standard InChI is InChI=1S/C14H21N3OS/c18-14(17-8-6-15-7-9-17)16-13(11-19)10-12-4-2-1-3-5-12/h1-5,13,15,19H,6-11H2,(H,16,18). The average Bonchev–Trinajstić information content (AvgIpc) is 2.48.